The molecule has 0 heterocycles. The predicted molar refractivity (Wildman–Crippen MR) is 68.2 cm³/mol. The third-order valence-corrected chi connectivity index (χ3v) is 3.65. The second kappa shape index (κ2) is 6.02. The topological polar surface area (TPSA) is 20.2 Å². The predicted octanol–water partition coefficient (Wildman–Crippen LogP) is 2.60. The van der Waals surface area contributed by atoms with Crippen molar-refractivity contribution in [2.24, 2.45) is 0 Å². The highest BCUT2D eigenvalue weighted by Crippen LogP contribution is 2.18. The van der Waals surface area contributed by atoms with Crippen molar-refractivity contribution in [3.8, 4) is 0 Å². The maximum Gasteiger partial charge on any atom is 0.0843 e. The number of nitrogens with zero attached hydrogens (tertiary/aromatic N) is 1. The van der Waals surface area contributed by atoms with Gasteiger partial charge in [-0.1, -0.05) is 30.3 Å². The number of aliphatic hydroxyl groups excluding tert-OH is 1. The van der Waals surface area contributed by atoms with Crippen LogP contribution in [0.2, 0.25) is 0 Å². The van der Waals surface area contributed by atoms with E-state index in [4.69, 9.17) is 0 Å². The number of benzene rings is 1. The van der Waals surface area contributed by atoms with E-state index < -0.39 is 0 Å². The molecule has 0 amide bonds. The molecule has 1 aromatic rings. The van der Waals surface area contributed by atoms with Crippen LogP contribution in [0.1, 0.15) is 31.9 Å². The van der Waals surface area contributed by atoms with Crippen LogP contribution in [-0.2, 0) is 0 Å². The molecule has 0 bridgehead atoms. The molecule has 0 radical (unpaired) electrons. The van der Waals surface area contributed by atoms with Crippen molar-refractivity contribution in [2.75, 3.05) is 26.7 Å². The average molecular weight is 222 g/mol. The van der Waals surface area contributed by atoms with Gasteiger partial charge < -0.3 is 9.59 Å². The number of hydrogen-bond acceptors (Lipinski definition) is 1. The van der Waals surface area contributed by atoms with Crippen molar-refractivity contribution < 1.29 is 9.59 Å². The van der Waals surface area contributed by atoms with E-state index in [-0.39, 0.29) is 6.10 Å². The Morgan fingerprint density at radius 3 is 2.19 bits per heavy atom. The van der Waals surface area contributed by atoms with E-state index in [9.17, 15) is 5.11 Å². The normalized spacial score (nSPS) is 13.8. The van der Waals surface area contributed by atoms with E-state index in [1.165, 1.54) is 0 Å². The Morgan fingerprint density at radius 1 is 1.12 bits per heavy atom. The van der Waals surface area contributed by atoms with E-state index in [2.05, 4.69) is 20.9 Å². The van der Waals surface area contributed by atoms with Gasteiger partial charge in [-0.05, 0) is 19.4 Å². The molecule has 16 heavy (non-hydrogen) atoms. The number of hydrogen-bond donors (Lipinski definition) is 1. The quantitative estimate of drug-likeness (QED) is 0.734. The van der Waals surface area contributed by atoms with E-state index >= 15 is 0 Å². The summed E-state index contributed by atoms with van der Waals surface area (Å²) in [6.07, 6.45) is 0.513. The summed E-state index contributed by atoms with van der Waals surface area (Å²) in [4.78, 5) is 0. The molecule has 2 heteroatoms. The fourth-order valence-corrected chi connectivity index (χ4v) is 1.82. The average Bonchev–Trinajstić information content (AvgIpc) is 2.36. The largest absolute Gasteiger partial charge is 0.388 e. The van der Waals surface area contributed by atoms with Crippen LogP contribution in [0.4, 0.5) is 0 Å². The highest BCUT2D eigenvalue weighted by molar-refractivity contribution is 5.16. The van der Waals surface area contributed by atoms with E-state index in [0.717, 1.165) is 36.1 Å². The lowest BCUT2D eigenvalue weighted by atomic mass is 10.1. The van der Waals surface area contributed by atoms with Crippen LogP contribution < -0.4 is 0 Å². The fourth-order valence-electron chi connectivity index (χ4n) is 1.82. The maximum atomic E-state index is 10.1. The van der Waals surface area contributed by atoms with Crippen molar-refractivity contribution in [2.45, 2.75) is 26.4 Å². The first kappa shape index (κ1) is 13.2. The zero-order valence-electron chi connectivity index (χ0n) is 10.7. The summed E-state index contributed by atoms with van der Waals surface area (Å²) in [6.45, 7) is 7.69. The lowest BCUT2D eigenvalue weighted by molar-refractivity contribution is -0.906. The minimum atomic E-state index is -0.322. The molecule has 0 spiro atoms. The van der Waals surface area contributed by atoms with Gasteiger partial charge in [0.05, 0.1) is 32.8 Å². The van der Waals surface area contributed by atoms with Gasteiger partial charge in [-0.3, -0.25) is 0 Å². The molecule has 1 rings (SSSR count). The maximum absolute atomic E-state index is 10.1. The first-order valence-electron chi connectivity index (χ1n) is 6.18. The molecule has 0 aliphatic rings. The second-order valence-corrected chi connectivity index (χ2v) is 4.69. The van der Waals surface area contributed by atoms with Crippen LogP contribution in [0.25, 0.3) is 0 Å². The Kier molecular flexibility index (Phi) is 4.97. The van der Waals surface area contributed by atoms with Crippen LogP contribution in [0.5, 0.6) is 0 Å². The van der Waals surface area contributed by atoms with Gasteiger partial charge in [-0.25, -0.2) is 0 Å². The standard InChI is InChI=1S/C14H24NO/c1-4-15(3,5-2)12-11-14(16)13-9-7-6-8-10-13/h6-10,14,16H,4-5,11-12H2,1-3H3/q+1. The Morgan fingerprint density at radius 2 is 1.69 bits per heavy atom. The molecular formula is C14H24NO+. The first-order valence-corrected chi connectivity index (χ1v) is 6.18. The van der Waals surface area contributed by atoms with Crippen LogP contribution in [0, 0.1) is 0 Å². The van der Waals surface area contributed by atoms with E-state index in [0.29, 0.717) is 0 Å². The summed E-state index contributed by atoms with van der Waals surface area (Å²) < 4.78 is 1.03. The number of rotatable bonds is 6. The van der Waals surface area contributed by atoms with Gasteiger partial charge in [0, 0.05) is 6.42 Å². The van der Waals surface area contributed by atoms with Gasteiger partial charge in [-0.15, -0.1) is 0 Å². The first-order chi connectivity index (χ1) is 7.61. The van der Waals surface area contributed by atoms with Crippen LogP contribution in [0.15, 0.2) is 30.3 Å². The monoisotopic (exact) mass is 222 g/mol. The summed E-state index contributed by atoms with van der Waals surface area (Å²) in [6, 6.07) is 9.92. The lowest BCUT2D eigenvalue weighted by Gasteiger charge is -2.32. The molecule has 0 saturated carbocycles. The SMILES string of the molecule is CC[N+](C)(CC)CCC(O)c1ccccc1. The molecule has 0 fully saturated rings. The minimum Gasteiger partial charge on any atom is -0.388 e. The molecule has 2 nitrogen and oxygen atoms in total. The third kappa shape index (κ3) is 3.62. The van der Waals surface area contributed by atoms with Crippen LogP contribution in [0.3, 0.4) is 0 Å². The van der Waals surface area contributed by atoms with Gasteiger partial charge in [0.25, 0.3) is 0 Å². The summed E-state index contributed by atoms with van der Waals surface area (Å²) in [5.41, 5.74) is 1.03. The Balaban J connectivity index is 2.50. The summed E-state index contributed by atoms with van der Waals surface area (Å²) in [5.74, 6) is 0. The van der Waals surface area contributed by atoms with Gasteiger partial charge in [0.15, 0.2) is 0 Å². The van der Waals surface area contributed by atoms with Crippen molar-refractivity contribution in [1.29, 1.82) is 0 Å². The van der Waals surface area contributed by atoms with Crippen molar-refractivity contribution in [3.63, 3.8) is 0 Å². The van der Waals surface area contributed by atoms with E-state index in [1.807, 2.05) is 30.3 Å². The number of aliphatic hydroxyl groups is 1. The third-order valence-electron chi connectivity index (χ3n) is 3.65. The Hall–Kier alpha value is -0.860. The zero-order valence-corrected chi connectivity index (χ0v) is 10.7. The zero-order chi connectivity index (χ0) is 12.0. The smallest absolute Gasteiger partial charge is 0.0843 e. The Labute approximate surface area is 99.1 Å². The summed E-state index contributed by atoms with van der Waals surface area (Å²) >= 11 is 0. The highest BCUT2D eigenvalue weighted by Gasteiger charge is 2.18. The molecule has 0 aromatic heterocycles. The minimum absolute atomic E-state index is 0.322. The molecule has 0 aliphatic carbocycles. The molecule has 0 saturated heterocycles. The molecule has 1 aromatic carbocycles. The van der Waals surface area contributed by atoms with Gasteiger partial charge in [-0.2, -0.15) is 0 Å². The van der Waals surface area contributed by atoms with Gasteiger partial charge >= 0.3 is 0 Å². The molecule has 1 unspecified atom stereocenters. The molecule has 1 N–H and O–H groups in total. The lowest BCUT2D eigenvalue weighted by Crippen LogP contribution is -2.44. The van der Waals surface area contributed by atoms with Crippen molar-refractivity contribution in [3.05, 3.63) is 35.9 Å². The Bertz CT molecular complexity index is 293. The molecular weight excluding hydrogens is 198 g/mol. The fraction of sp³-hybridized carbons (Fsp3) is 0.571. The van der Waals surface area contributed by atoms with Crippen molar-refractivity contribution >= 4 is 0 Å². The number of quaternary nitrogens is 1. The summed E-state index contributed by atoms with van der Waals surface area (Å²) in [7, 11) is 2.25. The summed E-state index contributed by atoms with van der Waals surface area (Å²) in [5, 5.41) is 10.1. The molecule has 1 atom stereocenters. The van der Waals surface area contributed by atoms with Gasteiger partial charge in [0.2, 0.25) is 0 Å². The molecule has 90 valence electrons. The van der Waals surface area contributed by atoms with Gasteiger partial charge in [0.1, 0.15) is 0 Å². The molecule has 0 aliphatic heterocycles. The van der Waals surface area contributed by atoms with Crippen LogP contribution >= 0.6 is 0 Å². The van der Waals surface area contributed by atoms with Crippen molar-refractivity contribution in [1.82, 2.24) is 0 Å². The van der Waals surface area contributed by atoms with Crippen LogP contribution in [-0.4, -0.2) is 36.3 Å². The van der Waals surface area contributed by atoms with E-state index in [1.54, 1.807) is 0 Å². The highest BCUT2D eigenvalue weighted by atomic mass is 16.3. The second-order valence-electron chi connectivity index (χ2n) is 4.69.